The number of rotatable bonds is 5. The molecule has 18 heavy (non-hydrogen) atoms. The highest BCUT2D eigenvalue weighted by molar-refractivity contribution is 7.92. The lowest BCUT2D eigenvalue weighted by Crippen LogP contribution is -2.32. The highest BCUT2D eigenvalue weighted by Gasteiger charge is 2.30. The normalized spacial score (nSPS) is 14.5. The van der Waals surface area contributed by atoms with Gasteiger partial charge in [0, 0.05) is 11.3 Å². The Morgan fingerprint density at radius 2 is 2.00 bits per heavy atom. The van der Waals surface area contributed by atoms with Crippen LogP contribution >= 0.6 is 0 Å². The van der Waals surface area contributed by atoms with Crippen molar-refractivity contribution in [2.75, 3.05) is 5.75 Å². The maximum atomic E-state index is 13.6. The van der Waals surface area contributed by atoms with E-state index in [0.29, 0.717) is 0 Å². The number of oxime groups is 1. The van der Waals surface area contributed by atoms with Crippen molar-refractivity contribution in [2.45, 2.75) is 25.5 Å². The lowest BCUT2D eigenvalue weighted by Gasteiger charge is -2.16. The second-order valence-corrected chi connectivity index (χ2v) is 6.29. The van der Waals surface area contributed by atoms with E-state index >= 15 is 0 Å². The van der Waals surface area contributed by atoms with E-state index < -0.39 is 20.9 Å². The van der Waals surface area contributed by atoms with Gasteiger partial charge in [0.05, 0.1) is 0 Å². The Balaban J connectivity index is 3.31. The van der Waals surface area contributed by atoms with E-state index in [-0.39, 0.29) is 23.4 Å². The summed E-state index contributed by atoms with van der Waals surface area (Å²) in [6, 6.07) is 5.65. The van der Waals surface area contributed by atoms with Crippen LogP contribution in [0.5, 0.6) is 0 Å². The molecule has 0 saturated heterocycles. The fourth-order valence-corrected chi connectivity index (χ4v) is 3.20. The van der Waals surface area contributed by atoms with Gasteiger partial charge in [0.15, 0.2) is 9.84 Å². The molecular weight excluding hydrogens is 257 g/mol. The summed E-state index contributed by atoms with van der Waals surface area (Å²) >= 11 is 0. The Kier molecular flexibility index (Phi) is 4.84. The standard InChI is InChI=1S/C12H16FNO3S/c1-3-11(18(16,17)4-2)12(14-15)9-7-5-6-8-10(9)13/h5-8,11,15H,3-4H2,1-2H3/b14-12-/t11-/m1/s1. The van der Waals surface area contributed by atoms with Crippen LogP contribution in [0.1, 0.15) is 25.8 Å². The molecule has 0 aromatic heterocycles. The third-order valence-electron chi connectivity index (χ3n) is 2.77. The first-order valence-corrected chi connectivity index (χ1v) is 7.37. The molecule has 0 aliphatic rings. The largest absolute Gasteiger partial charge is 0.411 e. The van der Waals surface area contributed by atoms with Gasteiger partial charge in [0.25, 0.3) is 0 Å². The van der Waals surface area contributed by atoms with Crippen LogP contribution in [0.25, 0.3) is 0 Å². The van der Waals surface area contributed by atoms with Gasteiger partial charge < -0.3 is 5.21 Å². The molecule has 0 amide bonds. The molecule has 1 aromatic rings. The molecule has 1 rings (SSSR count). The summed E-state index contributed by atoms with van der Waals surface area (Å²) in [5.41, 5.74) is -0.124. The third kappa shape index (κ3) is 2.87. The van der Waals surface area contributed by atoms with E-state index in [4.69, 9.17) is 5.21 Å². The summed E-state index contributed by atoms with van der Waals surface area (Å²) in [6.45, 7) is 3.16. The second-order valence-electron chi connectivity index (χ2n) is 3.81. The molecule has 0 aliphatic heterocycles. The molecule has 1 atom stereocenters. The van der Waals surface area contributed by atoms with E-state index in [1.54, 1.807) is 13.0 Å². The summed E-state index contributed by atoms with van der Waals surface area (Å²) < 4.78 is 37.4. The lowest BCUT2D eigenvalue weighted by atomic mass is 10.1. The minimum atomic E-state index is -3.44. The second kappa shape index (κ2) is 5.95. The Labute approximate surface area is 106 Å². The third-order valence-corrected chi connectivity index (χ3v) is 5.00. The maximum Gasteiger partial charge on any atom is 0.158 e. The molecule has 0 unspecified atom stereocenters. The van der Waals surface area contributed by atoms with E-state index in [9.17, 15) is 12.8 Å². The van der Waals surface area contributed by atoms with Crippen LogP contribution in [0.4, 0.5) is 4.39 Å². The minimum Gasteiger partial charge on any atom is -0.411 e. The first-order chi connectivity index (χ1) is 8.47. The van der Waals surface area contributed by atoms with Crippen molar-refractivity contribution < 1.29 is 18.0 Å². The number of halogens is 1. The lowest BCUT2D eigenvalue weighted by molar-refractivity contribution is 0.317. The fourth-order valence-electron chi connectivity index (χ4n) is 1.78. The van der Waals surface area contributed by atoms with Gasteiger partial charge in [-0.1, -0.05) is 37.2 Å². The van der Waals surface area contributed by atoms with Crippen LogP contribution < -0.4 is 0 Å². The van der Waals surface area contributed by atoms with Gasteiger partial charge in [0.2, 0.25) is 0 Å². The summed E-state index contributed by atoms with van der Waals surface area (Å²) in [5.74, 6) is -0.686. The summed E-state index contributed by atoms with van der Waals surface area (Å²) in [5, 5.41) is 11.0. The first kappa shape index (κ1) is 14.6. The van der Waals surface area contributed by atoms with Gasteiger partial charge in [0.1, 0.15) is 16.8 Å². The molecule has 4 nitrogen and oxygen atoms in total. The molecule has 1 aromatic carbocycles. The molecule has 0 aliphatic carbocycles. The van der Waals surface area contributed by atoms with Crippen molar-refractivity contribution in [3.05, 3.63) is 35.6 Å². The highest BCUT2D eigenvalue weighted by atomic mass is 32.2. The molecule has 6 heteroatoms. The summed E-state index contributed by atoms with van der Waals surface area (Å²) in [4.78, 5) is 0. The molecule has 100 valence electrons. The Morgan fingerprint density at radius 1 is 1.39 bits per heavy atom. The zero-order valence-corrected chi connectivity index (χ0v) is 11.1. The van der Waals surface area contributed by atoms with Gasteiger partial charge in [-0.3, -0.25) is 0 Å². The van der Waals surface area contributed by atoms with Gasteiger partial charge in [-0.05, 0) is 12.5 Å². The molecule has 0 saturated carbocycles. The Bertz CT molecular complexity index is 540. The average molecular weight is 273 g/mol. The molecule has 1 N–H and O–H groups in total. The van der Waals surface area contributed by atoms with E-state index in [1.165, 1.54) is 25.1 Å². The topological polar surface area (TPSA) is 66.7 Å². The first-order valence-electron chi connectivity index (χ1n) is 5.66. The average Bonchev–Trinajstić information content (AvgIpc) is 2.36. The number of sulfone groups is 1. The number of hydrogen-bond acceptors (Lipinski definition) is 4. The van der Waals surface area contributed by atoms with Crippen LogP contribution in [0.3, 0.4) is 0 Å². The maximum absolute atomic E-state index is 13.6. The zero-order chi connectivity index (χ0) is 13.8. The monoisotopic (exact) mass is 273 g/mol. The van der Waals surface area contributed by atoms with Crippen molar-refractivity contribution in [2.24, 2.45) is 5.16 Å². The van der Waals surface area contributed by atoms with Crippen LogP contribution in [-0.4, -0.2) is 30.3 Å². The molecule has 0 fully saturated rings. The van der Waals surface area contributed by atoms with Crippen molar-refractivity contribution in [3.63, 3.8) is 0 Å². The number of nitrogens with zero attached hydrogens (tertiary/aromatic N) is 1. The van der Waals surface area contributed by atoms with Crippen LogP contribution in [-0.2, 0) is 9.84 Å². The molecule has 0 radical (unpaired) electrons. The molecule has 0 spiro atoms. The van der Waals surface area contributed by atoms with E-state index in [2.05, 4.69) is 5.16 Å². The zero-order valence-electron chi connectivity index (χ0n) is 10.3. The summed E-state index contributed by atoms with van der Waals surface area (Å²) in [7, 11) is -3.44. The molecular formula is C12H16FNO3S. The smallest absolute Gasteiger partial charge is 0.158 e. The Morgan fingerprint density at radius 3 is 2.44 bits per heavy atom. The molecule has 0 bridgehead atoms. The van der Waals surface area contributed by atoms with Gasteiger partial charge in [-0.25, -0.2) is 12.8 Å². The van der Waals surface area contributed by atoms with Crippen molar-refractivity contribution in [3.8, 4) is 0 Å². The van der Waals surface area contributed by atoms with Crippen molar-refractivity contribution in [1.82, 2.24) is 0 Å². The van der Waals surface area contributed by atoms with Crippen molar-refractivity contribution >= 4 is 15.5 Å². The predicted molar refractivity (Wildman–Crippen MR) is 68.3 cm³/mol. The van der Waals surface area contributed by atoms with E-state index in [1.807, 2.05) is 0 Å². The summed E-state index contributed by atoms with van der Waals surface area (Å²) in [6.07, 6.45) is 0.226. The number of benzene rings is 1. The van der Waals surface area contributed by atoms with Crippen molar-refractivity contribution in [1.29, 1.82) is 0 Å². The van der Waals surface area contributed by atoms with Gasteiger partial charge >= 0.3 is 0 Å². The van der Waals surface area contributed by atoms with E-state index in [0.717, 1.165) is 0 Å². The highest BCUT2D eigenvalue weighted by Crippen LogP contribution is 2.18. The Hall–Kier alpha value is -1.43. The van der Waals surface area contributed by atoms with Crippen LogP contribution in [0.15, 0.2) is 29.4 Å². The minimum absolute atomic E-state index is 0.0175. The SMILES string of the molecule is CC[C@H](/C(=N\O)c1ccccc1F)S(=O)(=O)CC. The predicted octanol–water partition coefficient (Wildman–Crippen LogP) is 2.22. The number of hydrogen-bond donors (Lipinski definition) is 1. The van der Waals surface area contributed by atoms with Gasteiger partial charge in [-0.2, -0.15) is 0 Å². The van der Waals surface area contributed by atoms with Crippen LogP contribution in [0.2, 0.25) is 0 Å². The van der Waals surface area contributed by atoms with Gasteiger partial charge in [-0.15, -0.1) is 0 Å². The van der Waals surface area contributed by atoms with Crippen LogP contribution in [0, 0.1) is 5.82 Å². The quantitative estimate of drug-likeness (QED) is 0.508. The fraction of sp³-hybridized carbons (Fsp3) is 0.417. The molecule has 0 heterocycles.